The summed E-state index contributed by atoms with van der Waals surface area (Å²) in [4.78, 5) is 5.08. The number of nitrogens with two attached hydrogens (primary N) is 1. The summed E-state index contributed by atoms with van der Waals surface area (Å²) in [6.45, 7) is 2.02. The van der Waals surface area contributed by atoms with Crippen LogP contribution in [0.2, 0.25) is 0 Å². The normalized spacial score (nSPS) is 14.8. The van der Waals surface area contributed by atoms with Gasteiger partial charge in [-0.1, -0.05) is 12.2 Å². The fourth-order valence-electron chi connectivity index (χ4n) is 2.58. The summed E-state index contributed by atoms with van der Waals surface area (Å²) >= 11 is 5.15. The number of aryl methyl sites for hydroxylation is 2. The van der Waals surface area contributed by atoms with E-state index in [0.717, 1.165) is 42.1 Å². The fraction of sp³-hybridized carbons (Fsp3) is 0.333. The van der Waals surface area contributed by atoms with E-state index in [-0.39, 0.29) is 6.04 Å². The molecule has 1 aliphatic carbocycles. The average Bonchev–Trinajstić information content (AvgIpc) is 3.08. The maximum Gasteiger partial charge on any atom is 0.137 e. The van der Waals surface area contributed by atoms with Crippen molar-refractivity contribution in [1.29, 1.82) is 0 Å². The van der Waals surface area contributed by atoms with E-state index in [2.05, 4.69) is 11.4 Å². The minimum Gasteiger partial charge on any atom is -0.467 e. The standard InChI is InChI=1S/C15H17N3OS/c1-9(13-6-3-7-19-13)17-15-11(14(16)20)8-10-4-2-5-12(10)18-15/h3,6-9H,2,4-5H2,1H3,(H2,16,20)(H,17,18). The van der Waals surface area contributed by atoms with Crippen LogP contribution in [0.25, 0.3) is 0 Å². The van der Waals surface area contributed by atoms with Crippen molar-refractivity contribution >= 4 is 23.0 Å². The maximum absolute atomic E-state index is 5.83. The molecule has 0 aliphatic heterocycles. The topological polar surface area (TPSA) is 64.1 Å². The van der Waals surface area contributed by atoms with Crippen molar-refractivity contribution in [1.82, 2.24) is 4.98 Å². The van der Waals surface area contributed by atoms with Crippen LogP contribution in [0.5, 0.6) is 0 Å². The third kappa shape index (κ3) is 2.41. The van der Waals surface area contributed by atoms with Crippen LogP contribution < -0.4 is 11.1 Å². The lowest BCUT2D eigenvalue weighted by atomic mass is 10.1. The smallest absolute Gasteiger partial charge is 0.137 e. The summed E-state index contributed by atoms with van der Waals surface area (Å²) in [6.07, 6.45) is 4.90. The number of nitrogens with one attached hydrogen (secondary N) is 1. The number of nitrogens with zero attached hydrogens (tertiary/aromatic N) is 1. The van der Waals surface area contributed by atoms with Crippen LogP contribution in [0, 0.1) is 0 Å². The van der Waals surface area contributed by atoms with Crippen molar-refractivity contribution < 1.29 is 4.42 Å². The monoisotopic (exact) mass is 287 g/mol. The molecule has 2 aromatic heterocycles. The molecule has 0 saturated heterocycles. The predicted molar refractivity (Wildman–Crippen MR) is 82.9 cm³/mol. The zero-order valence-corrected chi connectivity index (χ0v) is 12.2. The van der Waals surface area contributed by atoms with E-state index in [9.17, 15) is 0 Å². The molecule has 5 heteroatoms. The quantitative estimate of drug-likeness (QED) is 0.846. The summed E-state index contributed by atoms with van der Waals surface area (Å²) in [5.74, 6) is 1.61. The molecule has 104 valence electrons. The van der Waals surface area contributed by atoms with Crippen LogP contribution in [0.1, 0.15) is 42.0 Å². The molecule has 0 aromatic carbocycles. The van der Waals surface area contributed by atoms with Gasteiger partial charge in [-0.05, 0) is 49.9 Å². The van der Waals surface area contributed by atoms with E-state index < -0.39 is 0 Å². The summed E-state index contributed by atoms with van der Waals surface area (Å²) in [5.41, 5.74) is 9.07. The number of furan rings is 1. The molecule has 0 radical (unpaired) electrons. The van der Waals surface area contributed by atoms with Gasteiger partial charge in [0, 0.05) is 5.69 Å². The third-order valence-electron chi connectivity index (χ3n) is 3.64. The Bertz CT molecular complexity index is 637. The van der Waals surface area contributed by atoms with Gasteiger partial charge in [-0.2, -0.15) is 0 Å². The van der Waals surface area contributed by atoms with Crippen molar-refractivity contribution in [2.75, 3.05) is 5.32 Å². The second-order valence-electron chi connectivity index (χ2n) is 5.09. The largest absolute Gasteiger partial charge is 0.467 e. The Hall–Kier alpha value is -1.88. The zero-order chi connectivity index (χ0) is 14.1. The van der Waals surface area contributed by atoms with Crippen molar-refractivity contribution in [2.24, 2.45) is 5.73 Å². The minimum absolute atomic E-state index is 0.0186. The molecule has 2 heterocycles. The second-order valence-corrected chi connectivity index (χ2v) is 5.53. The van der Waals surface area contributed by atoms with Gasteiger partial charge in [0.1, 0.15) is 16.6 Å². The molecule has 4 nitrogen and oxygen atoms in total. The van der Waals surface area contributed by atoms with E-state index in [0.29, 0.717) is 4.99 Å². The van der Waals surface area contributed by atoms with Crippen molar-refractivity contribution in [3.63, 3.8) is 0 Å². The maximum atomic E-state index is 5.83. The van der Waals surface area contributed by atoms with E-state index >= 15 is 0 Å². The molecule has 3 N–H and O–H groups in total. The van der Waals surface area contributed by atoms with Gasteiger partial charge in [-0.3, -0.25) is 0 Å². The number of rotatable bonds is 4. The number of aromatic nitrogens is 1. The van der Waals surface area contributed by atoms with Crippen molar-refractivity contribution in [3.05, 3.63) is 47.0 Å². The summed E-state index contributed by atoms with van der Waals surface area (Å²) < 4.78 is 5.41. The Balaban J connectivity index is 1.94. The highest BCUT2D eigenvalue weighted by molar-refractivity contribution is 7.80. The van der Waals surface area contributed by atoms with Gasteiger partial charge >= 0.3 is 0 Å². The van der Waals surface area contributed by atoms with Gasteiger partial charge in [-0.15, -0.1) is 0 Å². The molecule has 20 heavy (non-hydrogen) atoms. The highest BCUT2D eigenvalue weighted by Crippen LogP contribution is 2.27. The van der Waals surface area contributed by atoms with Crippen LogP contribution in [0.4, 0.5) is 5.82 Å². The van der Waals surface area contributed by atoms with E-state index in [1.807, 2.05) is 19.1 Å². The first-order valence-electron chi connectivity index (χ1n) is 6.77. The zero-order valence-electron chi connectivity index (χ0n) is 11.3. The van der Waals surface area contributed by atoms with Crippen LogP contribution in [-0.4, -0.2) is 9.97 Å². The number of hydrogen-bond acceptors (Lipinski definition) is 4. The highest BCUT2D eigenvalue weighted by Gasteiger charge is 2.19. The van der Waals surface area contributed by atoms with E-state index in [1.54, 1.807) is 6.26 Å². The molecule has 2 aromatic rings. The number of thiocarbonyl (C=S) groups is 1. The van der Waals surface area contributed by atoms with Crippen LogP contribution in [0.3, 0.4) is 0 Å². The second kappa shape index (κ2) is 5.25. The minimum atomic E-state index is 0.0186. The Kier molecular flexibility index (Phi) is 3.44. The highest BCUT2D eigenvalue weighted by atomic mass is 32.1. The van der Waals surface area contributed by atoms with Crippen LogP contribution >= 0.6 is 12.2 Å². The Morgan fingerprint density at radius 3 is 3.05 bits per heavy atom. The Morgan fingerprint density at radius 2 is 2.35 bits per heavy atom. The van der Waals surface area contributed by atoms with Crippen LogP contribution in [0.15, 0.2) is 28.9 Å². The first-order chi connectivity index (χ1) is 9.65. The van der Waals surface area contributed by atoms with Gasteiger partial charge in [-0.25, -0.2) is 4.98 Å². The molecule has 0 saturated carbocycles. The van der Waals surface area contributed by atoms with Crippen molar-refractivity contribution in [3.8, 4) is 0 Å². The van der Waals surface area contributed by atoms with E-state index in [4.69, 9.17) is 27.4 Å². The third-order valence-corrected chi connectivity index (χ3v) is 3.86. The lowest BCUT2D eigenvalue weighted by molar-refractivity contribution is 0.490. The van der Waals surface area contributed by atoms with Gasteiger partial charge in [0.15, 0.2) is 0 Å². The van der Waals surface area contributed by atoms with Gasteiger partial charge < -0.3 is 15.5 Å². The molecule has 0 spiro atoms. The summed E-state index contributed by atoms with van der Waals surface area (Å²) in [7, 11) is 0. The predicted octanol–water partition coefficient (Wildman–Crippen LogP) is 2.97. The molecular formula is C15H17N3OS. The number of hydrogen-bond donors (Lipinski definition) is 2. The van der Waals surface area contributed by atoms with Gasteiger partial charge in [0.25, 0.3) is 0 Å². The lowest BCUT2D eigenvalue weighted by Crippen LogP contribution is -2.17. The molecule has 3 rings (SSSR count). The molecule has 1 atom stereocenters. The SMILES string of the molecule is CC(Nc1nc2c(cc1C(N)=S)CCC2)c1ccco1. The van der Waals surface area contributed by atoms with Gasteiger partial charge in [0.05, 0.1) is 17.9 Å². The van der Waals surface area contributed by atoms with Crippen molar-refractivity contribution in [2.45, 2.75) is 32.2 Å². The first kappa shape index (κ1) is 13.1. The Labute approximate surface area is 123 Å². The number of pyridine rings is 1. The van der Waals surface area contributed by atoms with E-state index in [1.165, 1.54) is 5.56 Å². The summed E-state index contributed by atoms with van der Waals surface area (Å²) in [5, 5.41) is 3.35. The number of fused-ring (bicyclic) bond motifs is 1. The summed E-state index contributed by atoms with van der Waals surface area (Å²) in [6, 6.07) is 5.91. The average molecular weight is 287 g/mol. The molecule has 1 aliphatic rings. The lowest BCUT2D eigenvalue weighted by Gasteiger charge is -2.16. The number of anilines is 1. The fourth-order valence-corrected chi connectivity index (χ4v) is 2.74. The Morgan fingerprint density at radius 1 is 1.50 bits per heavy atom. The molecular weight excluding hydrogens is 270 g/mol. The molecule has 1 unspecified atom stereocenters. The van der Waals surface area contributed by atoms with Gasteiger partial charge in [0.2, 0.25) is 0 Å². The molecule has 0 bridgehead atoms. The molecule has 0 fully saturated rings. The first-order valence-corrected chi connectivity index (χ1v) is 7.18. The molecule has 0 amide bonds. The van der Waals surface area contributed by atoms with Crippen LogP contribution in [-0.2, 0) is 12.8 Å².